The Kier molecular flexibility index (Phi) is 3.46. The van der Waals surface area contributed by atoms with Crippen molar-refractivity contribution in [2.45, 2.75) is 32.0 Å². The number of ether oxygens (including phenoxy) is 1. The van der Waals surface area contributed by atoms with Gasteiger partial charge >= 0.3 is 5.97 Å². The molecule has 1 N–H and O–H groups in total. The Hall–Kier alpha value is -1.10. The van der Waals surface area contributed by atoms with Crippen molar-refractivity contribution in [3.8, 4) is 0 Å². The van der Waals surface area contributed by atoms with Gasteiger partial charge in [-0.05, 0) is 19.8 Å². The average molecular weight is 201 g/mol. The van der Waals surface area contributed by atoms with Crippen molar-refractivity contribution in [2.75, 3.05) is 13.6 Å². The number of hydrogen-bond acceptors (Lipinski definition) is 3. The molecule has 80 valence electrons. The number of likely N-dealkylation sites (N-methyl/N-ethyl adjacent to an activating group) is 1. The van der Waals surface area contributed by atoms with Crippen LogP contribution in [0.3, 0.4) is 0 Å². The summed E-state index contributed by atoms with van der Waals surface area (Å²) in [6, 6.07) is 0. The zero-order chi connectivity index (χ0) is 10.7. The van der Waals surface area contributed by atoms with Crippen LogP contribution in [-0.2, 0) is 14.3 Å². The average Bonchev–Trinajstić information content (AvgIpc) is 2.49. The van der Waals surface area contributed by atoms with E-state index in [1.807, 2.05) is 6.92 Å². The van der Waals surface area contributed by atoms with E-state index in [-0.39, 0.29) is 18.6 Å². The third-order valence-electron chi connectivity index (χ3n) is 2.26. The van der Waals surface area contributed by atoms with Gasteiger partial charge in [0, 0.05) is 7.05 Å². The van der Waals surface area contributed by atoms with E-state index in [0.717, 1.165) is 6.42 Å². The van der Waals surface area contributed by atoms with Gasteiger partial charge in [-0.3, -0.25) is 9.59 Å². The summed E-state index contributed by atoms with van der Waals surface area (Å²) < 4.78 is 5.34. The van der Waals surface area contributed by atoms with E-state index in [0.29, 0.717) is 6.42 Å². The molecule has 1 heterocycles. The fourth-order valence-corrected chi connectivity index (χ4v) is 1.51. The maximum atomic E-state index is 11.6. The van der Waals surface area contributed by atoms with Crippen LogP contribution in [-0.4, -0.2) is 47.7 Å². The van der Waals surface area contributed by atoms with Crippen LogP contribution in [0.2, 0.25) is 0 Å². The van der Waals surface area contributed by atoms with Crippen molar-refractivity contribution in [3.63, 3.8) is 0 Å². The molecule has 0 radical (unpaired) electrons. The van der Waals surface area contributed by atoms with Crippen LogP contribution in [0, 0.1) is 0 Å². The Morgan fingerprint density at radius 2 is 2.14 bits per heavy atom. The molecule has 2 atom stereocenters. The molecular formula is C9H15NO4. The molecule has 2 unspecified atom stereocenters. The maximum absolute atomic E-state index is 11.6. The van der Waals surface area contributed by atoms with Gasteiger partial charge in [-0.1, -0.05) is 0 Å². The van der Waals surface area contributed by atoms with E-state index < -0.39 is 12.1 Å². The lowest BCUT2D eigenvalue weighted by molar-refractivity contribution is -0.148. The first-order valence-corrected chi connectivity index (χ1v) is 4.63. The monoisotopic (exact) mass is 201 g/mol. The molecule has 0 spiro atoms. The second kappa shape index (κ2) is 4.41. The Labute approximate surface area is 82.6 Å². The Morgan fingerprint density at radius 1 is 1.50 bits per heavy atom. The summed E-state index contributed by atoms with van der Waals surface area (Å²) >= 11 is 0. The van der Waals surface area contributed by atoms with E-state index in [9.17, 15) is 9.59 Å². The molecule has 0 aromatic rings. The van der Waals surface area contributed by atoms with Crippen LogP contribution in [0.4, 0.5) is 0 Å². The molecule has 14 heavy (non-hydrogen) atoms. The van der Waals surface area contributed by atoms with Crippen molar-refractivity contribution >= 4 is 11.9 Å². The number of nitrogens with zero attached hydrogens (tertiary/aromatic N) is 1. The summed E-state index contributed by atoms with van der Waals surface area (Å²) in [5.41, 5.74) is 0. The second-order valence-corrected chi connectivity index (χ2v) is 3.60. The highest BCUT2D eigenvalue weighted by Crippen LogP contribution is 2.20. The lowest BCUT2D eigenvalue weighted by Crippen LogP contribution is -2.39. The molecule has 0 saturated carbocycles. The maximum Gasteiger partial charge on any atom is 0.323 e. The second-order valence-electron chi connectivity index (χ2n) is 3.60. The quantitative estimate of drug-likeness (QED) is 0.703. The van der Waals surface area contributed by atoms with Crippen molar-refractivity contribution in [2.24, 2.45) is 0 Å². The number of hydrogen-bond donors (Lipinski definition) is 1. The van der Waals surface area contributed by atoms with Crippen LogP contribution in [0.15, 0.2) is 0 Å². The summed E-state index contributed by atoms with van der Waals surface area (Å²) in [6.45, 7) is 1.64. The summed E-state index contributed by atoms with van der Waals surface area (Å²) in [5.74, 6) is -1.25. The van der Waals surface area contributed by atoms with E-state index in [4.69, 9.17) is 9.84 Å². The molecule has 5 nitrogen and oxygen atoms in total. The number of rotatable bonds is 3. The number of carboxylic acids is 1. The Bertz CT molecular complexity index is 241. The van der Waals surface area contributed by atoms with Gasteiger partial charge in [0.2, 0.25) is 0 Å². The normalized spacial score (nSPS) is 26.1. The van der Waals surface area contributed by atoms with E-state index in [1.54, 1.807) is 0 Å². The lowest BCUT2D eigenvalue weighted by atomic mass is 10.2. The van der Waals surface area contributed by atoms with E-state index in [2.05, 4.69) is 0 Å². The first kappa shape index (κ1) is 11.0. The zero-order valence-corrected chi connectivity index (χ0v) is 8.40. The molecule has 1 amide bonds. The SMILES string of the molecule is CC1CCC(C(=O)N(C)CC(=O)O)O1. The molecule has 0 bridgehead atoms. The summed E-state index contributed by atoms with van der Waals surface area (Å²) in [5, 5.41) is 8.49. The standard InChI is InChI=1S/C9H15NO4/c1-6-3-4-7(14-6)9(13)10(2)5-8(11)12/h6-7H,3-5H2,1-2H3,(H,11,12). The first-order valence-electron chi connectivity index (χ1n) is 4.63. The zero-order valence-electron chi connectivity index (χ0n) is 8.40. The van der Waals surface area contributed by atoms with Gasteiger partial charge in [0.1, 0.15) is 12.6 Å². The number of amides is 1. The smallest absolute Gasteiger partial charge is 0.323 e. The van der Waals surface area contributed by atoms with Gasteiger partial charge in [0.15, 0.2) is 0 Å². The molecule has 0 aliphatic carbocycles. The molecular weight excluding hydrogens is 186 g/mol. The first-order chi connectivity index (χ1) is 6.50. The van der Waals surface area contributed by atoms with Crippen molar-refractivity contribution in [3.05, 3.63) is 0 Å². The number of aliphatic carboxylic acids is 1. The summed E-state index contributed by atoms with van der Waals surface area (Å²) in [4.78, 5) is 23.1. The Morgan fingerprint density at radius 3 is 2.57 bits per heavy atom. The molecule has 1 rings (SSSR count). The Balaban J connectivity index is 2.44. The van der Waals surface area contributed by atoms with Gasteiger partial charge in [-0.2, -0.15) is 0 Å². The van der Waals surface area contributed by atoms with Crippen molar-refractivity contribution < 1.29 is 19.4 Å². The molecule has 1 fully saturated rings. The molecule has 1 aliphatic rings. The summed E-state index contributed by atoms with van der Waals surface area (Å²) in [7, 11) is 1.48. The highest BCUT2D eigenvalue weighted by Gasteiger charge is 2.30. The number of carbonyl (C=O) groups excluding carboxylic acids is 1. The largest absolute Gasteiger partial charge is 0.480 e. The van der Waals surface area contributed by atoms with Crippen LogP contribution < -0.4 is 0 Å². The van der Waals surface area contributed by atoms with Gasteiger partial charge in [0.05, 0.1) is 6.10 Å². The number of carbonyl (C=O) groups is 2. The highest BCUT2D eigenvalue weighted by atomic mass is 16.5. The molecule has 1 saturated heterocycles. The van der Waals surface area contributed by atoms with Crippen molar-refractivity contribution in [1.82, 2.24) is 4.90 Å². The van der Waals surface area contributed by atoms with Gasteiger partial charge < -0.3 is 14.7 Å². The predicted molar refractivity (Wildman–Crippen MR) is 48.8 cm³/mol. The third-order valence-corrected chi connectivity index (χ3v) is 2.26. The molecule has 0 aromatic heterocycles. The topological polar surface area (TPSA) is 66.8 Å². The minimum absolute atomic E-state index is 0.0992. The fourth-order valence-electron chi connectivity index (χ4n) is 1.51. The minimum Gasteiger partial charge on any atom is -0.480 e. The minimum atomic E-state index is -1.01. The summed E-state index contributed by atoms with van der Waals surface area (Å²) in [6.07, 6.45) is 1.19. The van der Waals surface area contributed by atoms with Gasteiger partial charge in [-0.15, -0.1) is 0 Å². The fraction of sp³-hybridized carbons (Fsp3) is 0.778. The molecule has 5 heteroatoms. The van der Waals surface area contributed by atoms with E-state index in [1.165, 1.54) is 11.9 Å². The van der Waals surface area contributed by atoms with Gasteiger partial charge in [-0.25, -0.2) is 0 Å². The predicted octanol–water partition coefficient (Wildman–Crippen LogP) is 0.0969. The van der Waals surface area contributed by atoms with Gasteiger partial charge in [0.25, 0.3) is 5.91 Å². The highest BCUT2D eigenvalue weighted by molar-refractivity contribution is 5.84. The molecule has 0 aromatic carbocycles. The molecule has 1 aliphatic heterocycles. The van der Waals surface area contributed by atoms with Crippen LogP contribution >= 0.6 is 0 Å². The van der Waals surface area contributed by atoms with Crippen LogP contribution in [0.25, 0.3) is 0 Å². The van der Waals surface area contributed by atoms with Crippen molar-refractivity contribution in [1.29, 1.82) is 0 Å². The van der Waals surface area contributed by atoms with Crippen LogP contribution in [0.1, 0.15) is 19.8 Å². The third kappa shape index (κ3) is 2.70. The number of carboxylic acid groups (broad SMARTS) is 1. The van der Waals surface area contributed by atoms with Crippen LogP contribution in [0.5, 0.6) is 0 Å². The van der Waals surface area contributed by atoms with E-state index >= 15 is 0 Å². The lowest BCUT2D eigenvalue weighted by Gasteiger charge is -2.18.